The standard InChI is InChI=1S/C24H26O5/c1-14(2)13-17-20(24(17,3)4)22(26)19-16(21(25)23(27)28)11-8-12-18(19)29-15-9-6-5-7-10-15/h5-13,17,20-21,25H,1-4H3,(H,27,28)/t17-,20+,21?/m1/s1. The Kier molecular flexibility index (Phi) is 5.62. The first kappa shape index (κ1) is 20.8. The highest BCUT2D eigenvalue weighted by Gasteiger charge is 2.60. The molecule has 1 unspecified atom stereocenters. The van der Waals surface area contributed by atoms with Gasteiger partial charge >= 0.3 is 5.97 Å². The molecule has 2 N–H and O–H groups in total. The maximum atomic E-state index is 13.6. The number of aliphatic carboxylic acids is 1. The van der Waals surface area contributed by atoms with Crippen LogP contribution in [0.2, 0.25) is 0 Å². The van der Waals surface area contributed by atoms with E-state index in [4.69, 9.17) is 4.74 Å². The molecule has 152 valence electrons. The van der Waals surface area contributed by atoms with Crippen LogP contribution in [-0.4, -0.2) is 22.0 Å². The molecule has 1 aliphatic carbocycles. The van der Waals surface area contributed by atoms with Crippen molar-refractivity contribution in [2.75, 3.05) is 0 Å². The lowest BCUT2D eigenvalue weighted by molar-refractivity contribution is -0.146. The molecule has 0 bridgehead atoms. The van der Waals surface area contributed by atoms with E-state index >= 15 is 0 Å². The van der Waals surface area contributed by atoms with E-state index in [1.807, 2.05) is 45.9 Å². The average Bonchev–Trinajstić information content (AvgIpc) is 3.20. The molecule has 0 amide bonds. The summed E-state index contributed by atoms with van der Waals surface area (Å²) in [5, 5.41) is 19.6. The van der Waals surface area contributed by atoms with Crippen LogP contribution >= 0.6 is 0 Å². The smallest absolute Gasteiger partial charge is 0.337 e. The first-order valence-corrected chi connectivity index (χ1v) is 9.60. The number of allylic oxidation sites excluding steroid dienone is 2. The van der Waals surface area contributed by atoms with Crippen molar-refractivity contribution in [3.05, 3.63) is 71.3 Å². The quantitative estimate of drug-likeness (QED) is 0.509. The summed E-state index contributed by atoms with van der Waals surface area (Å²) in [5.41, 5.74) is 1.06. The first-order valence-electron chi connectivity index (χ1n) is 9.60. The zero-order valence-corrected chi connectivity index (χ0v) is 17.0. The Hall–Kier alpha value is -2.92. The van der Waals surface area contributed by atoms with Crippen molar-refractivity contribution >= 4 is 11.8 Å². The van der Waals surface area contributed by atoms with Crippen LogP contribution in [0.15, 0.2) is 60.2 Å². The monoisotopic (exact) mass is 394 g/mol. The number of carboxylic acids is 1. The predicted molar refractivity (Wildman–Crippen MR) is 110 cm³/mol. The Morgan fingerprint density at radius 1 is 1.07 bits per heavy atom. The molecule has 3 atom stereocenters. The summed E-state index contributed by atoms with van der Waals surface area (Å²) in [6.45, 7) is 8.02. The number of ketones is 1. The van der Waals surface area contributed by atoms with Gasteiger partial charge in [-0.15, -0.1) is 0 Å². The molecule has 2 aromatic rings. The molecule has 1 saturated carbocycles. The lowest BCUT2D eigenvalue weighted by Gasteiger charge is -2.17. The highest BCUT2D eigenvalue weighted by Crippen LogP contribution is 2.61. The second kappa shape index (κ2) is 7.84. The minimum atomic E-state index is -1.81. The topological polar surface area (TPSA) is 83.8 Å². The molecule has 29 heavy (non-hydrogen) atoms. The number of aliphatic hydroxyl groups is 1. The van der Waals surface area contributed by atoms with E-state index in [-0.39, 0.29) is 39.9 Å². The molecule has 5 heteroatoms. The van der Waals surface area contributed by atoms with Gasteiger partial charge in [0.2, 0.25) is 0 Å². The molecule has 3 rings (SSSR count). The largest absolute Gasteiger partial charge is 0.479 e. The second-order valence-corrected chi connectivity index (χ2v) is 8.31. The van der Waals surface area contributed by atoms with Gasteiger partial charge in [-0.3, -0.25) is 4.79 Å². The zero-order chi connectivity index (χ0) is 21.3. The van der Waals surface area contributed by atoms with Crippen molar-refractivity contribution in [1.29, 1.82) is 0 Å². The Balaban J connectivity index is 2.08. The summed E-state index contributed by atoms with van der Waals surface area (Å²) in [6.07, 6.45) is 0.272. The number of hydrogen-bond acceptors (Lipinski definition) is 4. The number of Topliss-reactive ketones (excluding diaryl/α,β-unsaturated/α-hetero) is 1. The molecule has 0 aliphatic heterocycles. The fourth-order valence-electron chi connectivity index (χ4n) is 3.88. The van der Waals surface area contributed by atoms with Crippen LogP contribution in [0, 0.1) is 17.3 Å². The van der Waals surface area contributed by atoms with Gasteiger partial charge in [0, 0.05) is 11.5 Å². The number of benzene rings is 2. The Labute approximate surface area is 170 Å². The molecule has 0 aromatic heterocycles. The van der Waals surface area contributed by atoms with Crippen LogP contribution in [0.3, 0.4) is 0 Å². The van der Waals surface area contributed by atoms with E-state index in [1.165, 1.54) is 6.07 Å². The van der Waals surface area contributed by atoms with Gasteiger partial charge in [0.05, 0.1) is 5.56 Å². The fourth-order valence-corrected chi connectivity index (χ4v) is 3.88. The van der Waals surface area contributed by atoms with Crippen LogP contribution in [0.4, 0.5) is 0 Å². The van der Waals surface area contributed by atoms with Gasteiger partial charge in [-0.25, -0.2) is 4.79 Å². The summed E-state index contributed by atoms with van der Waals surface area (Å²) in [6, 6.07) is 13.6. The van der Waals surface area contributed by atoms with Crippen LogP contribution in [0.25, 0.3) is 0 Å². The highest BCUT2D eigenvalue weighted by molar-refractivity contribution is 6.05. The van der Waals surface area contributed by atoms with E-state index < -0.39 is 12.1 Å². The third-order valence-corrected chi connectivity index (χ3v) is 5.51. The molecular weight excluding hydrogens is 368 g/mol. The van der Waals surface area contributed by atoms with Crippen molar-refractivity contribution in [3.63, 3.8) is 0 Å². The highest BCUT2D eigenvalue weighted by atomic mass is 16.5. The Morgan fingerprint density at radius 2 is 1.72 bits per heavy atom. The molecule has 1 aliphatic rings. The minimum absolute atomic E-state index is 0.0505. The molecule has 0 radical (unpaired) electrons. The van der Waals surface area contributed by atoms with Crippen LogP contribution in [0.5, 0.6) is 11.5 Å². The van der Waals surface area contributed by atoms with Gasteiger partial charge in [0.15, 0.2) is 11.9 Å². The lowest BCUT2D eigenvalue weighted by Crippen LogP contribution is -2.18. The maximum absolute atomic E-state index is 13.6. The van der Waals surface area contributed by atoms with Crippen LogP contribution in [0.1, 0.15) is 49.7 Å². The fraction of sp³-hybridized carbons (Fsp3) is 0.333. The summed E-state index contributed by atoms with van der Waals surface area (Å²) in [7, 11) is 0. The molecular formula is C24H26O5. The molecule has 1 fully saturated rings. The number of carbonyl (C=O) groups is 2. The lowest BCUT2D eigenvalue weighted by atomic mass is 9.93. The van der Waals surface area contributed by atoms with Gasteiger partial charge in [0.25, 0.3) is 0 Å². The summed E-state index contributed by atoms with van der Waals surface area (Å²) < 4.78 is 5.92. The number of ether oxygens (including phenoxy) is 1. The first-order chi connectivity index (χ1) is 13.6. The van der Waals surface area contributed by atoms with Crippen molar-refractivity contribution in [1.82, 2.24) is 0 Å². The summed E-state index contributed by atoms with van der Waals surface area (Å²) in [5.74, 6) is -1.10. The number of aliphatic hydroxyl groups excluding tert-OH is 1. The number of para-hydroxylation sites is 1. The van der Waals surface area contributed by atoms with Crippen LogP contribution < -0.4 is 4.74 Å². The van der Waals surface area contributed by atoms with Crippen molar-refractivity contribution in [2.45, 2.75) is 33.8 Å². The molecule has 5 nitrogen and oxygen atoms in total. The van der Waals surface area contributed by atoms with Crippen LogP contribution in [-0.2, 0) is 4.79 Å². The van der Waals surface area contributed by atoms with E-state index in [0.29, 0.717) is 5.75 Å². The number of carboxylic acid groups (broad SMARTS) is 1. The van der Waals surface area contributed by atoms with Gasteiger partial charge in [-0.2, -0.15) is 0 Å². The van der Waals surface area contributed by atoms with E-state index in [1.54, 1.807) is 24.3 Å². The average molecular weight is 394 g/mol. The van der Waals surface area contributed by atoms with E-state index in [0.717, 1.165) is 5.57 Å². The van der Waals surface area contributed by atoms with Gasteiger partial charge in [-0.1, -0.05) is 55.8 Å². The Morgan fingerprint density at radius 3 is 2.31 bits per heavy atom. The van der Waals surface area contributed by atoms with Crippen molar-refractivity contribution in [2.24, 2.45) is 17.3 Å². The predicted octanol–water partition coefficient (Wildman–Crippen LogP) is 5.02. The molecule has 0 spiro atoms. The van der Waals surface area contributed by atoms with Gasteiger partial charge < -0.3 is 14.9 Å². The van der Waals surface area contributed by atoms with E-state index in [9.17, 15) is 19.8 Å². The molecule has 2 aromatic carbocycles. The summed E-state index contributed by atoms with van der Waals surface area (Å²) >= 11 is 0. The molecule has 0 heterocycles. The third kappa shape index (κ3) is 4.10. The van der Waals surface area contributed by atoms with Crippen molar-refractivity contribution in [3.8, 4) is 11.5 Å². The number of carbonyl (C=O) groups excluding carboxylic acids is 1. The third-order valence-electron chi connectivity index (χ3n) is 5.51. The minimum Gasteiger partial charge on any atom is -0.479 e. The second-order valence-electron chi connectivity index (χ2n) is 8.31. The van der Waals surface area contributed by atoms with E-state index in [2.05, 4.69) is 6.08 Å². The zero-order valence-electron chi connectivity index (χ0n) is 17.0. The normalized spacial score (nSPS) is 20.4. The SMILES string of the molecule is CC(C)=C[C@@H]1[C@@H](C(=O)c2c(Oc3ccccc3)cccc2C(O)C(=O)O)C1(C)C. The van der Waals surface area contributed by atoms with Crippen molar-refractivity contribution < 1.29 is 24.5 Å². The number of rotatable bonds is 7. The van der Waals surface area contributed by atoms with Gasteiger partial charge in [0.1, 0.15) is 11.5 Å². The number of hydrogen-bond donors (Lipinski definition) is 2. The van der Waals surface area contributed by atoms with Gasteiger partial charge in [-0.05, 0) is 43.4 Å². The maximum Gasteiger partial charge on any atom is 0.337 e. The Bertz CT molecular complexity index is 954. The molecule has 0 saturated heterocycles. The summed E-state index contributed by atoms with van der Waals surface area (Å²) in [4.78, 5) is 25.0.